The monoisotopic (exact) mass is 282 g/mol. The fraction of sp³-hybridized carbons (Fsp3) is 0.412. The second-order valence-electron chi connectivity index (χ2n) is 5.38. The maximum atomic E-state index is 4.82. The Morgan fingerprint density at radius 1 is 1.14 bits per heavy atom. The van der Waals surface area contributed by atoms with E-state index >= 15 is 0 Å². The van der Waals surface area contributed by atoms with Crippen LogP contribution < -0.4 is 5.32 Å². The number of hydrogen-bond acceptors (Lipinski definition) is 4. The highest BCUT2D eigenvalue weighted by molar-refractivity contribution is 5.58. The second-order valence-corrected chi connectivity index (χ2v) is 5.38. The summed E-state index contributed by atoms with van der Waals surface area (Å²) in [6, 6.07) is 12.6. The van der Waals surface area contributed by atoms with Gasteiger partial charge in [0.2, 0.25) is 0 Å². The van der Waals surface area contributed by atoms with Crippen molar-refractivity contribution in [1.29, 1.82) is 0 Å². The van der Waals surface area contributed by atoms with Gasteiger partial charge in [-0.1, -0.05) is 37.3 Å². The molecule has 2 aromatic rings. The zero-order valence-corrected chi connectivity index (χ0v) is 12.5. The Morgan fingerprint density at radius 3 is 2.62 bits per heavy atom. The van der Waals surface area contributed by atoms with Crippen LogP contribution in [0.3, 0.4) is 0 Å². The van der Waals surface area contributed by atoms with Crippen molar-refractivity contribution in [2.45, 2.75) is 19.4 Å². The maximum Gasteiger partial charge on any atom is 0.146 e. The fourth-order valence-electron chi connectivity index (χ4n) is 2.90. The average Bonchev–Trinajstić information content (AvgIpc) is 2.58. The molecule has 0 bridgehead atoms. The standard InChI is InChI=1S/C17H22N4/c1-2-16(21-12-10-18-11-13-21)17-19-9-8-15(20-17)14-6-4-3-5-7-14/h3-9,16,18H,2,10-13H2,1H3. The van der Waals surface area contributed by atoms with Crippen molar-refractivity contribution in [3.8, 4) is 11.3 Å². The molecule has 0 aliphatic carbocycles. The molecular weight excluding hydrogens is 260 g/mol. The Kier molecular flexibility index (Phi) is 4.58. The molecule has 1 aromatic carbocycles. The van der Waals surface area contributed by atoms with Crippen LogP contribution in [0.25, 0.3) is 11.3 Å². The minimum atomic E-state index is 0.316. The van der Waals surface area contributed by atoms with E-state index in [0.717, 1.165) is 49.7 Å². The predicted molar refractivity (Wildman–Crippen MR) is 84.9 cm³/mol. The third-order valence-electron chi connectivity index (χ3n) is 4.02. The highest BCUT2D eigenvalue weighted by atomic mass is 15.2. The normalized spacial score (nSPS) is 17.6. The summed E-state index contributed by atoms with van der Waals surface area (Å²) in [5, 5.41) is 3.40. The fourth-order valence-corrected chi connectivity index (χ4v) is 2.90. The first-order valence-corrected chi connectivity index (χ1v) is 7.71. The molecule has 1 fully saturated rings. The molecule has 0 radical (unpaired) electrons. The van der Waals surface area contributed by atoms with Crippen molar-refractivity contribution in [1.82, 2.24) is 20.2 Å². The van der Waals surface area contributed by atoms with Gasteiger partial charge in [0.15, 0.2) is 0 Å². The van der Waals surface area contributed by atoms with Gasteiger partial charge in [-0.25, -0.2) is 9.97 Å². The Morgan fingerprint density at radius 2 is 1.90 bits per heavy atom. The van der Waals surface area contributed by atoms with Crippen LogP contribution in [0.5, 0.6) is 0 Å². The largest absolute Gasteiger partial charge is 0.314 e. The van der Waals surface area contributed by atoms with E-state index in [-0.39, 0.29) is 0 Å². The zero-order valence-electron chi connectivity index (χ0n) is 12.5. The van der Waals surface area contributed by atoms with E-state index in [1.54, 1.807) is 0 Å². The highest BCUT2D eigenvalue weighted by Crippen LogP contribution is 2.24. The van der Waals surface area contributed by atoms with E-state index in [4.69, 9.17) is 4.98 Å². The summed E-state index contributed by atoms with van der Waals surface area (Å²) < 4.78 is 0. The molecule has 1 aliphatic rings. The van der Waals surface area contributed by atoms with Gasteiger partial charge in [-0.3, -0.25) is 4.90 Å². The van der Waals surface area contributed by atoms with Gasteiger partial charge in [-0.05, 0) is 12.5 Å². The van der Waals surface area contributed by atoms with Crippen LogP contribution in [0, 0.1) is 0 Å². The SMILES string of the molecule is CCC(c1nccc(-c2ccccc2)n1)N1CCNCC1. The van der Waals surface area contributed by atoms with E-state index in [1.165, 1.54) is 0 Å². The van der Waals surface area contributed by atoms with Crippen molar-refractivity contribution in [3.05, 3.63) is 48.4 Å². The Bertz CT molecular complexity index is 564. The third kappa shape index (κ3) is 3.28. The highest BCUT2D eigenvalue weighted by Gasteiger charge is 2.22. The number of rotatable bonds is 4. The minimum Gasteiger partial charge on any atom is -0.314 e. The summed E-state index contributed by atoms with van der Waals surface area (Å²) in [5.74, 6) is 0.945. The lowest BCUT2D eigenvalue weighted by molar-refractivity contribution is 0.163. The summed E-state index contributed by atoms with van der Waals surface area (Å²) >= 11 is 0. The van der Waals surface area contributed by atoms with Gasteiger partial charge in [-0.2, -0.15) is 0 Å². The van der Waals surface area contributed by atoms with Crippen molar-refractivity contribution in [3.63, 3.8) is 0 Å². The second kappa shape index (κ2) is 6.78. The van der Waals surface area contributed by atoms with Crippen molar-refractivity contribution >= 4 is 0 Å². The number of piperazine rings is 1. The molecule has 1 aromatic heterocycles. The first-order chi connectivity index (χ1) is 10.4. The molecule has 1 aliphatic heterocycles. The molecule has 0 saturated carbocycles. The van der Waals surface area contributed by atoms with E-state index in [2.05, 4.69) is 34.3 Å². The van der Waals surface area contributed by atoms with Crippen molar-refractivity contribution in [2.75, 3.05) is 26.2 Å². The Hall–Kier alpha value is -1.78. The van der Waals surface area contributed by atoms with Gasteiger partial charge in [0.25, 0.3) is 0 Å². The molecule has 4 nitrogen and oxygen atoms in total. The lowest BCUT2D eigenvalue weighted by Crippen LogP contribution is -2.45. The van der Waals surface area contributed by atoms with Crippen LogP contribution in [0.15, 0.2) is 42.6 Å². The van der Waals surface area contributed by atoms with E-state index in [9.17, 15) is 0 Å². The Balaban J connectivity index is 1.87. The number of nitrogens with one attached hydrogen (secondary N) is 1. The third-order valence-corrected chi connectivity index (χ3v) is 4.02. The molecule has 3 rings (SSSR count). The topological polar surface area (TPSA) is 41.1 Å². The maximum absolute atomic E-state index is 4.82. The van der Waals surface area contributed by atoms with E-state index < -0.39 is 0 Å². The van der Waals surface area contributed by atoms with Crippen molar-refractivity contribution in [2.24, 2.45) is 0 Å². The van der Waals surface area contributed by atoms with E-state index in [0.29, 0.717) is 6.04 Å². The molecule has 2 heterocycles. The van der Waals surface area contributed by atoms with Crippen molar-refractivity contribution < 1.29 is 0 Å². The first-order valence-electron chi connectivity index (χ1n) is 7.71. The molecular formula is C17H22N4. The molecule has 1 unspecified atom stereocenters. The van der Waals surface area contributed by atoms with Crippen LogP contribution in [0.1, 0.15) is 25.2 Å². The van der Waals surface area contributed by atoms with Gasteiger partial charge < -0.3 is 5.32 Å². The smallest absolute Gasteiger partial charge is 0.146 e. The predicted octanol–water partition coefficient (Wildman–Crippen LogP) is 2.50. The van der Waals surface area contributed by atoms with Crippen LogP contribution in [0.2, 0.25) is 0 Å². The lowest BCUT2D eigenvalue weighted by atomic mass is 10.1. The molecule has 0 spiro atoms. The number of hydrogen-bond donors (Lipinski definition) is 1. The molecule has 21 heavy (non-hydrogen) atoms. The van der Waals surface area contributed by atoms with Gasteiger partial charge >= 0.3 is 0 Å². The summed E-state index contributed by atoms with van der Waals surface area (Å²) in [7, 11) is 0. The molecule has 1 N–H and O–H groups in total. The summed E-state index contributed by atoms with van der Waals surface area (Å²) in [5.41, 5.74) is 2.16. The molecule has 4 heteroatoms. The lowest BCUT2D eigenvalue weighted by Gasteiger charge is -2.33. The number of aromatic nitrogens is 2. The number of nitrogens with zero attached hydrogens (tertiary/aromatic N) is 3. The summed E-state index contributed by atoms with van der Waals surface area (Å²) in [6.07, 6.45) is 2.92. The average molecular weight is 282 g/mol. The minimum absolute atomic E-state index is 0.316. The van der Waals surface area contributed by atoms with Crippen LogP contribution >= 0.6 is 0 Å². The Labute approximate surface area is 126 Å². The van der Waals surface area contributed by atoms with Crippen LogP contribution in [0.4, 0.5) is 0 Å². The molecule has 1 atom stereocenters. The summed E-state index contributed by atoms with van der Waals surface area (Å²) in [4.78, 5) is 11.8. The first kappa shape index (κ1) is 14.2. The zero-order chi connectivity index (χ0) is 14.5. The summed E-state index contributed by atoms with van der Waals surface area (Å²) in [6.45, 7) is 6.45. The van der Waals surface area contributed by atoms with Gasteiger partial charge in [0.05, 0.1) is 11.7 Å². The van der Waals surface area contributed by atoms with Crippen LogP contribution in [-0.2, 0) is 0 Å². The number of benzene rings is 1. The molecule has 110 valence electrons. The van der Waals surface area contributed by atoms with Crippen LogP contribution in [-0.4, -0.2) is 41.0 Å². The molecule has 1 saturated heterocycles. The van der Waals surface area contributed by atoms with Gasteiger partial charge in [-0.15, -0.1) is 0 Å². The van der Waals surface area contributed by atoms with Gasteiger partial charge in [0, 0.05) is 37.9 Å². The van der Waals surface area contributed by atoms with Gasteiger partial charge in [0.1, 0.15) is 5.82 Å². The quantitative estimate of drug-likeness (QED) is 0.935. The van der Waals surface area contributed by atoms with E-state index in [1.807, 2.05) is 30.5 Å². The molecule has 0 amide bonds.